The molecule has 0 aliphatic heterocycles. The summed E-state index contributed by atoms with van der Waals surface area (Å²) in [4.78, 5) is 4.30. The van der Waals surface area contributed by atoms with Crippen molar-refractivity contribution in [1.29, 1.82) is 0 Å². The highest BCUT2D eigenvalue weighted by atomic mass is 28.5. The summed E-state index contributed by atoms with van der Waals surface area (Å²) in [6.07, 6.45) is 11.2. The van der Waals surface area contributed by atoms with Gasteiger partial charge in [0.1, 0.15) is 0 Å². The third-order valence-electron chi connectivity index (χ3n) is 4.23. The van der Waals surface area contributed by atoms with E-state index in [-0.39, 0.29) is 0 Å². The van der Waals surface area contributed by atoms with Crippen LogP contribution in [0, 0.1) is 11.8 Å². The third kappa shape index (κ3) is 13.2. The van der Waals surface area contributed by atoms with Crippen molar-refractivity contribution >= 4 is 17.1 Å². The van der Waals surface area contributed by atoms with E-state index in [9.17, 15) is 0 Å². The molecule has 0 aliphatic carbocycles. The Balaban J connectivity index is 2.12. The Morgan fingerprint density at radius 1 is 0.857 bits per heavy atom. The number of hydrogen-bond acceptors (Lipinski definition) is 4. The Hall–Kier alpha value is -0.976. The minimum Gasteiger partial charge on any atom is -0.415 e. The van der Waals surface area contributed by atoms with Crippen molar-refractivity contribution in [2.45, 2.75) is 91.1 Å². The largest absolute Gasteiger partial charge is 0.415 e. The van der Waals surface area contributed by atoms with E-state index in [4.69, 9.17) is 13.0 Å². The Morgan fingerprint density at radius 2 is 1.54 bits per heavy atom. The van der Waals surface area contributed by atoms with E-state index < -0.39 is 17.1 Å². The normalized spacial score (nSPS) is 11.9. The molecule has 0 aliphatic rings. The number of pyridine rings is 1. The minimum atomic E-state index is -2.24. The van der Waals surface area contributed by atoms with Gasteiger partial charge in [-0.15, -0.1) is 11.8 Å². The summed E-state index contributed by atoms with van der Waals surface area (Å²) in [6, 6.07) is 5.86. The summed E-state index contributed by atoms with van der Waals surface area (Å²) in [5, 5.41) is 0. The third-order valence-corrected chi connectivity index (χ3v) is 9.90. The van der Waals surface area contributed by atoms with Crippen molar-refractivity contribution in [3.8, 4) is 11.8 Å². The molecular formula is C22H39NO3Si2. The zero-order chi connectivity index (χ0) is 20.7. The molecule has 6 heteroatoms. The van der Waals surface area contributed by atoms with Crippen LogP contribution in [0.1, 0.15) is 64.0 Å². The molecule has 0 fully saturated rings. The van der Waals surface area contributed by atoms with Crippen LogP contribution in [-0.4, -0.2) is 28.7 Å². The molecule has 0 N–H and O–H groups in total. The number of hydrogen-bond donors (Lipinski definition) is 0. The lowest BCUT2D eigenvalue weighted by molar-refractivity contribution is 0.186. The molecule has 0 bridgehead atoms. The van der Waals surface area contributed by atoms with Crippen LogP contribution in [0.2, 0.25) is 26.2 Å². The minimum absolute atomic E-state index is 0.495. The summed E-state index contributed by atoms with van der Waals surface area (Å²) < 4.78 is 18.5. The second-order valence-electron chi connectivity index (χ2n) is 7.94. The molecule has 0 spiro atoms. The summed E-state index contributed by atoms with van der Waals surface area (Å²) in [6.45, 7) is 11.8. The molecule has 158 valence electrons. The van der Waals surface area contributed by atoms with Gasteiger partial charge < -0.3 is 13.0 Å². The quantitative estimate of drug-likeness (QED) is 0.204. The van der Waals surface area contributed by atoms with Gasteiger partial charge in [-0.2, -0.15) is 0 Å². The summed E-state index contributed by atoms with van der Waals surface area (Å²) in [7, 11) is -4.41. The van der Waals surface area contributed by atoms with Gasteiger partial charge in [0.15, 0.2) is 0 Å². The van der Waals surface area contributed by atoms with Gasteiger partial charge in [0, 0.05) is 25.6 Å². The van der Waals surface area contributed by atoms with Gasteiger partial charge in [-0.05, 0) is 51.2 Å². The maximum atomic E-state index is 6.33. The van der Waals surface area contributed by atoms with Crippen LogP contribution in [0.3, 0.4) is 0 Å². The van der Waals surface area contributed by atoms with Crippen molar-refractivity contribution < 1.29 is 13.0 Å². The Labute approximate surface area is 174 Å². The van der Waals surface area contributed by atoms with Crippen LogP contribution in [0.4, 0.5) is 0 Å². The van der Waals surface area contributed by atoms with Crippen LogP contribution >= 0.6 is 0 Å². The number of nitrogens with zero attached hydrogens (tertiary/aromatic N) is 1. The van der Waals surface area contributed by atoms with Gasteiger partial charge in [0.25, 0.3) is 0 Å². The molecule has 0 aromatic carbocycles. The topological polar surface area (TPSA) is 40.6 Å². The fraction of sp³-hybridized carbons (Fsp3) is 0.682. The molecule has 0 unspecified atom stereocenters. The van der Waals surface area contributed by atoms with Gasteiger partial charge in [-0.3, -0.25) is 4.98 Å². The SMILES string of the molecule is CCC#CCCCCCCCCO[Si](C)(C)O[Si](C)(C)OCc1ccccn1. The molecule has 28 heavy (non-hydrogen) atoms. The van der Waals surface area contributed by atoms with Crippen LogP contribution < -0.4 is 0 Å². The van der Waals surface area contributed by atoms with Crippen LogP contribution in [0.5, 0.6) is 0 Å². The summed E-state index contributed by atoms with van der Waals surface area (Å²) in [5.41, 5.74) is 0.935. The first-order valence-electron chi connectivity index (χ1n) is 10.7. The van der Waals surface area contributed by atoms with Crippen molar-refractivity contribution in [2.24, 2.45) is 0 Å². The Morgan fingerprint density at radius 3 is 2.21 bits per heavy atom. The first-order chi connectivity index (χ1) is 13.3. The molecule has 1 aromatic rings. The zero-order valence-corrected chi connectivity index (χ0v) is 20.6. The molecular weight excluding hydrogens is 382 g/mol. The van der Waals surface area contributed by atoms with E-state index in [2.05, 4.69) is 49.9 Å². The predicted molar refractivity (Wildman–Crippen MR) is 121 cm³/mol. The molecule has 4 nitrogen and oxygen atoms in total. The highest BCUT2D eigenvalue weighted by Crippen LogP contribution is 2.19. The van der Waals surface area contributed by atoms with Crippen LogP contribution in [0.15, 0.2) is 24.4 Å². The summed E-state index contributed by atoms with van der Waals surface area (Å²) >= 11 is 0. The van der Waals surface area contributed by atoms with Crippen LogP contribution in [0.25, 0.3) is 0 Å². The van der Waals surface area contributed by atoms with Gasteiger partial charge in [-0.1, -0.05) is 38.7 Å². The van der Waals surface area contributed by atoms with Gasteiger partial charge in [-0.25, -0.2) is 0 Å². The molecule has 0 atom stereocenters. The average molecular weight is 422 g/mol. The second-order valence-corrected chi connectivity index (χ2v) is 14.9. The maximum Gasteiger partial charge on any atom is 0.323 e. The van der Waals surface area contributed by atoms with Gasteiger partial charge in [0.05, 0.1) is 12.3 Å². The van der Waals surface area contributed by atoms with Crippen molar-refractivity contribution in [3.63, 3.8) is 0 Å². The maximum absolute atomic E-state index is 6.33. The molecule has 0 radical (unpaired) electrons. The molecule has 1 aromatic heterocycles. The van der Waals surface area contributed by atoms with Crippen molar-refractivity contribution in [2.75, 3.05) is 6.61 Å². The fourth-order valence-electron chi connectivity index (χ4n) is 2.94. The van der Waals surface area contributed by atoms with E-state index >= 15 is 0 Å². The van der Waals surface area contributed by atoms with E-state index in [1.54, 1.807) is 6.20 Å². The molecule has 0 amide bonds. The molecule has 0 saturated heterocycles. The van der Waals surface area contributed by atoms with Gasteiger partial charge >= 0.3 is 17.1 Å². The van der Waals surface area contributed by atoms with Crippen molar-refractivity contribution in [1.82, 2.24) is 4.98 Å². The van der Waals surface area contributed by atoms with Gasteiger partial charge in [0.2, 0.25) is 0 Å². The van der Waals surface area contributed by atoms with Crippen molar-refractivity contribution in [3.05, 3.63) is 30.1 Å². The Kier molecular flexibility index (Phi) is 12.6. The zero-order valence-electron chi connectivity index (χ0n) is 18.6. The molecule has 0 saturated carbocycles. The fourth-order valence-corrected chi connectivity index (χ4v) is 9.27. The highest BCUT2D eigenvalue weighted by Gasteiger charge is 2.36. The highest BCUT2D eigenvalue weighted by molar-refractivity contribution is 6.78. The standard InChI is InChI=1S/C22H39NO3Si2/c1-6-7-8-9-10-11-12-13-14-17-20-24-27(2,3)26-28(4,5)25-21-22-18-15-16-19-23-22/h15-16,18-19H,6,9-14,17,20-21H2,1-5H3. The smallest absolute Gasteiger partial charge is 0.323 e. The lowest BCUT2D eigenvalue weighted by Crippen LogP contribution is -2.48. The summed E-state index contributed by atoms with van der Waals surface area (Å²) in [5.74, 6) is 6.34. The number of aromatic nitrogens is 1. The van der Waals surface area contributed by atoms with E-state index in [0.29, 0.717) is 6.61 Å². The first kappa shape index (κ1) is 25.1. The lowest BCUT2D eigenvalue weighted by atomic mass is 10.1. The Bertz CT molecular complexity index is 582. The molecule has 1 heterocycles. The molecule has 1 rings (SSSR count). The monoisotopic (exact) mass is 421 g/mol. The average Bonchev–Trinajstić information content (AvgIpc) is 2.64. The van der Waals surface area contributed by atoms with Crippen LogP contribution in [-0.2, 0) is 19.6 Å². The predicted octanol–water partition coefficient (Wildman–Crippen LogP) is 6.18. The van der Waals surface area contributed by atoms with E-state index in [0.717, 1.165) is 31.6 Å². The first-order valence-corrected chi connectivity index (χ1v) is 16.3. The number of unbranched alkanes of at least 4 members (excludes halogenated alkanes) is 6. The lowest BCUT2D eigenvalue weighted by Gasteiger charge is -2.32. The van der Waals surface area contributed by atoms with E-state index in [1.165, 1.54) is 32.1 Å². The van der Waals surface area contributed by atoms with E-state index in [1.807, 2.05) is 18.2 Å². The number of rotatable bonds is 14. The second kappa shape index (κ2) is 14.1.